The van der Waals surface area contributed by atoms with Crippen LogP contribution >= 0.6 is 11.3 Å². The molecular weight excluding hydrogens is 375 g/mol. The molecule has 0 radical (unpaired) electrons. The van der Waals surface area contributed by atoms with E-state index in [1.165, 1.54) is 10.8 Å². The molecular formula is C21H23FN4OS. The Labute approximate surface area is 167 Å². The van der Waals surface area contributed by atoms with E-state index in [4.69, 9.17) is 4.98 Å². The van der Waals surface area contributed by atoms with E-state index < -0.39 is 5.82 Å². The van der Waals surface area contributed by atoms with Gasteiger partial charge in [0.2, 0.25) is 5.91 Å². The Balaban J connectivity index is 1.26. The van der Waals surface area contributed by atoms with Gasteiger partial charge in [0, 0.05) is 26.2 Å². The first kappa shape index (κ1) is 19.0. The van der Waals surface area contributed by atoms with Gasteiger partial charge in [0.05, 0.1) is 29.0 Å². The number of piperazine rings is 1. The first-order valence-corrected chi connectivity index (χ1v) is 10.2. The number of halogens is 1. The minimum absolute atomic E-state index is 0.178. The molecule has 4 rings (SSSR count). The highest BCUT2D eigenvalue weighted by Crippen LogP contribution is 2.23. The predicted molar refractivity (Wildman–Crippen MR) is 111 cm³/mol. The van der Waals surface area contributed by atoms with Crippen molar-refractivity contribution in [2.45, 2.75) is 13.5 Å². The number of benzene rings is 2. The number of aromatic nitrogens is 1. The summed E-state index contributed by atoms with van der Waals surface area (Å²) < 4.78 is 15.1. The monoisotopic (exact) mass is 398 g/mol. The Morgan fingerprint density at radius 1 is 1.14 bits per heavy atom. The van der Waals surface area contributed by atoms with Crippen LogP contribution in [0.3, 0.4) is 0 Å². The van der Waals surface area contributed by atoms with E-state index >= 15 is 0 Å². The van der Waals surface area contributed by atoms with Crippen molar-refractivity contribution in [1.82, 2.24) is 14.8 Å². The molecule has 1 saturated heterocycles. The van der Waals surface area contributed by atoms with Crippen LogP contribution in [0.1, 0.15) is 10.6 Å². The summed E-state index contributed by atoms with van der Waals surface area (Å²) in [6.07, 6.45) is 0. The van der Waals surface area contributed by atoms with Gasteiger partial charge in [-0.25, -0.2) is 9.37 Å². The standard InChI is InChI=1S/C21H23FN4OS/c1-15-6-7-17(16(22)12-15)23-20(27)13-25-8-10-26(11-9-25)14-21-24-18-4-2-3-5-19(18)28-21/h2-7,12H,8-11,13-14H2,1H3,(H,23,27). The molecule has 3 aromatic rings. The summed E-state index contributed by atoms with van der Waals surface area (Å²) in [7, 11) is 0. The van der Waals surface area contributed by atoms with Crippen LogP contribution < -0.4 is 5.32 Å². The number of para-hydroxylation sites is 1. The van der Waals surface area contributed by atoms with Crippen molar-refractivity contribution in [3.05, 3.63) is 58.9 Å². The van der Waals surface area contributed by atoms with Crippen LogP contribution in [-0.2, 0) is 11.3 Å². The van der Waals surface area contributed by atoms with E-state index in [0.29, 0.717) is 0 Å². The highest BCUT2D eigenvalue weighted by molar-refractivity contribution is 7.18. The van der Waals surface area contributed by atoms with Crippen molar-refractivity contribution in [3.8, 4) is 0 Å². The summed E-state index contributed by atoms with van der Waals surface area (Å²) in [6, 6.07) is 13.0. The molecule has 0 bridgehead atoms. The Kier molecular flexibility index (Phi) is 5.66. The fraction of sp³-hybridized carbons (Fsp3) is 0.333. The third-order valence-corrected chi connectivity index (χ3v) is 5.95. The average molecular weight is 399 g/mol. The third kappa shape index (κ3) is 4.55. The van der Waals surface area contributed by atoms with E-state index in [-0.39, 0.29) is 18.1 Å². The van der Waals surface area contributed by atoms with Gasteiger partial charge < -0.3 is 5.32 Å². The van der Waals surface area contributed by atoms with Gasteiger partial charge in [0.1, 0.15) is 10.8 Å². The van der Waals surface area contributed by atoms with Crippen LogP contribution in [0.4, 0.5) is 10.1 Å². The minimum atomic E-state index is -0.394. The zero-order chi connectivity index (χ0) is 19.5. The lowest BCUT2D eigenvalue weighted by atomic mass is 10.2. The molecule has 0 saturated carbocycles. The number of carbonyl (C=O) groups excluding carboxylic acids is 1. The van der Waals surface area contributed by atoms with Crippen LogP contribution in [0.5, 0.6) is 0 Å². The number of nitrogens with zero attached hydrogens (tertiary/aromatic N) is 3. The van der Waals surface area contributed by atoms with Crippen molar-refractivity contribution < 1.29 is 9.18 Å². The number of nitrogens with one attached hydrogen (secondary N) is 1. The Morgan fingerprint density at radius 3 is 2.64 bits per heavy atom. The Bertz CT molecular complexity index is 948. The number of anilines is 1. The first-order chi connectivity index (χ1) is 13.6. The van der Waals surface area contributed by atoms with Gasteiger partial charge in [0.25, 0.3) is 0 Å². The summed E-state index contributed by atoms with van der Waals surface area (Å²) in [4.78, 5) is 21.4. The summed E-state index contributed by atoms with van der Waals surface area (Å²) in [5.74, 6) is -0.573. The lowest BCUT2D eigenvalue weighted by Crippen LogP contribution is -2.48. The maximum atomic E-state index is 13.9. The van der Waals surface area contributed by atoms with Crippen molar-refractivity contribution in [1.29, 1.82) is 0 Å². The highest BCUT2D eigenvalue weighted by Gasteiger charge is 2.20. The lowest BCUT2D eigenvalue weighted by molar-refractivity contribution is -0.117. The van der Waals surface area contributed by atoms with Crippen molar-refractivity contribution >= 4 is 33.1 Å². The molecule has 0 spiro atoms. The number of amides is 1. The molecule has 0 aliphatic carbocycles. The topological polar surface area (TPSA) is 48.5 Å². The van der Waals surface area contributed by atoms with Crippen molar-refractivity contribution in [3.63, 3.8) is 0 Å². The predicted octanol–water partition coefficient (Wildman–Crippen LogP) is 3.50. The minimum Gasteiger partial charge on any atom is -0.322 e. The molecule has 1 aliphatic heterocycles. The number of hydrogen-bond donors (Lipinski definition) is 1. The second kappa shape index (κ2) is 8.34. The number of fused-ring (bicyclic) bond motifs is 1. The molecule has 146 valence electrons. The van der Waals surface area contributed by atoms with Crippen LogP contribution in [0, 0.1) is 12.7 Å². The highest BCUT2D eigenvalue weighted by atomic mass is 32.1. The molecule has 0 atom stereocenters. The maximum absolute atomic E-state index is 13.9. The Morgan fingerprint density at radius 2 is 1.89 bits per heavy atom. The SMILES string of the molecule is Cc1ccc(NC(=O)CN2CCN(Cc3nc4ccccc4s3)CC2)c(F)c1. The molecule has 1 aliphatic rings. The smallest absolute Gasteiger partial charge is 0.238 e. The molecule has 2 heterocycles. The lowest BCUT2D eigenvalue weighted by Gasteiger charge is -2.33. The number of carbonyl (C=O) groups is 1. The molecule has 0 unspecified atom stereocenters. The molecule has 1 amide bonds. The van der Waals surface area contributed by atoms with Crippen molar-refractivity contribution in [2.75, 3.05) is 38.0 Å². The van der Waals surface area contributed by atoms with Gasteiger partial charge in [-0.1, -0.05) is 18.2 Å². The number of thiazole rings is 1. The van der Waals surface area contributed by atoms with Crippen LogP contribution in [-0.4, -0.2) is 53.4 Å². The number of aryl methyl sites for hydroxylation is 1. The second-order valence-corrected chi connectivity index (χ2v) is 8.27. The molecule has 1 aromatic heterocycles. The third-order valence-electron chi connectivity index (χ3n) is 4.93. The Hall–Kier alpha value is -2.35. The first-order valence-electron chi connectivity index (χ1n) is 9.42. The van der Waals surface area contributed by atoms with Crippen LogP contribution in [0.2, 0.25) is 0 Å². The van der Waals surface area contributed by atoms with E-state index in [9.17, 15) is 9.18 Å². The van der Waals surface area contributed by atoms with E-state index in [1.807, 2.05) is 25.1 Å². The summed E-state index contributed by atoms with van der Waals surface area (Å²) >= 11 is 1.74. The summed E-state index contributed by atoms with van der Waals surface area (Å²) in [6.45, 7) is 6.35. The molecule has 7 heteroatoms. The van der Waals surface area contributed by atoms with Gasteiger partial charge in [0.15, 0.2) is 0 Å². The average Bonchev–Trinajstić information content (AvgIpc) is 3.08. The zero-order valence-corrected chi connectivity index (χ0v) is 16.6. The molecule has 2 aromatic carbocycles. The van der Waals surface area contributed by atoms with Gasteiger partial charge in [-0.3, -0.25) is 14.6 Å². The summed E-state index contributed by atoms with van der Waals surface area (Å²) in [5.41, 5.74) is 2.13. The number of rotatable bonds is 5. The van der Waals surface area contributed by atoms with Crippen LogP contribution in [0.25, 0.3) is 10.2 Å². The normalized spacial score (nSPS) is 15.8. The van der Waals surface area contributed by atoms with E-state index in [0.717, 1.165) is 48.8 Å². The zero-order valence-electron chi connectivity index (χ0n) is 15.8. The van der Waals surface area contributed by atoms with E-state index in [2.05, 4.69) is 21.2 Å². The second-order valence-electron chi connectivity index (χ2n) is 7.16. The quantitative estimate of drug-likeness (QED) is 0.715. The molecule has 1 N–H and O–H groups in total. The largest absolute Gasteiger partial charge is 0.322 e. The fourth-order valence-corrected chi connectivity index (χ4v) is 4.41. The van der Waals surface area contributed by atoms with Gasteiger partial charge >= 0.3 is 0 Å². The van der Waals surface area contributed by atoms with Crippen LogP contribution in [0.15, 0.2) is 42.5 Å². The van der Waals surface area contributed by atoms with E-state index in [1.54, 1.807) is 23.5 Å². The van der Waals surface area contributed by atoms with Gasteiger partial charge in [-0.05, 0) is 36.8 Å². The van der Waals surface area contributed by atoms with Gasteiger partial charge in [-0.15, -0.1) is 11.3 Å². The maximum Gasteiger partial charge on any atom is 0.238 e. The summed E-state index contributed by atoms with van der Waals surface area (Å²) in [5, 5.41) is 3.80. The molecule has 5 nitrogen and oxygen atoms in total. The molecule has 1 fully saturated rings. The van der Waals surface area contributed by atoms with Crippen molar-refractivity contribution in [2.24, 2.45) is 0 Å². The molecule has 28 heavy (non-hydrogen) atoms. The van der Waals surface area contributed by atoms with Gasteiger partial charge in [-0.2, -0.15) is 0 Å². The fourth-order valence-electron chi connectivity index (χ4n) is 3.40. The number of hydrogen-bond acceptors (Lipinski definition) is 5.